The number of carbonyl (C=O) groups excluding carboxylic acids is 6. The third-order valence-corrected chi connectivity index (χ3v) is 8.28. The van der Waals surface area contributed by atoms with Crippen LogP contribution in [-0.2, 0) is 56.9 Å². The molecule has 1 fully saturated rings. The number of phosphoric acid groups is 1. The highest BCUT2D eigenvalue weighted by atomic mass is 31.2. The number of ketones is 1. The molecule has 9 atom stereocenters. The van der Waals surface area contributed by atoms with E-state index in [2.05, 4.69) is 31.1 Å². The van der Waals surface area contributed by atoms with Crippen LogP contribution in [0.1, 0.15) is 72.6 Å². The zero-order chi connectivity index (χ0) is 41.3. The molecule has 0 radical (unpaired) electrons. The van der Waals surface area contributed by atoms with E-state index in [1.54, 1.807) is 0 Å². The number of hydrogen-bond acceptors (Lipinski definition) is 14. The first-order valence-electron chi connectivity index (χ1n) is 16.8. The summed E-state index contributed by atoms with van der Waals surface area (Å²) in [6.07, 6.45) is -8.67. The predicted molar refractivity (Wildman–Crippen MR) is 180 cm³/mol. The summed E-state index contributed by atoms with van der Waals surface area (Å²) in [5, 5.41) is 50.9. The third kappa shape index (κ3) is 17.8. The van der Waals surface area contributed by atoms with Crippen LogP contribution in [-0.4, -0.2) is 145 Å². The minimum atomic E-state index is -5.26. The lowest BCUT2D eigenvalue weighted by Gasteiger charge is -2.44. The molecule has 1 heterocycles. The molecule has 0 aromatic carbocycles. The van der Waals surface area contributed by atoms with Crippen molar-refractivity contribution in [2.24, 2.45) is 0 Å². The number of phosphoric ester groups is 1. The summed E-state index contributed by atoms with van der Waals surface area (Å²) in [6.45, 7) is 4.03. The zero-order valence-electron chi connectivity index (χ0n) is 30.1. The highest BCUT2D eigenvalue weighted by molar-refractivity contribution is 7.46. The van der Waals surface area contributed by atoms with Gasteiger partial charge in [-0.25, -0.2) is 14.2 Å². The summed E-state index contributed by atoms with van der Waals surface area (Å²) < 4.78 is 26.8. The summed E-state index contributed by atoms with van der Waals surface area (Å²) in [5.41, 5.74) is 0. The van der Waals surface area contributed by atoms with Crippen molar-refractivity contribution in [3.8, 4) is 0 Å². The Hall–Kier alpha value is -4.09. The van der Waals surface area contributed by atoms with Gasteiger partial charge in [-0.05, 0) is 46.5 Å². The van der Waals surface area contributed by atoms with Crippen LogP contribution < -0.4 is 26.6 Å². The van der Waals surface area contributed by atoms with E-state index in [4.69, 9.17) is 9.47 Å². The van der Waals surface area contributed by atoms with Gasteiger partial charge < -0.3 is 71.1 Å². The lowest BCUT2D eigenvalue weighted by Crippen LogP contribution is -2.66. The van der Waals surface area contributed by atoms with E-state index < -0.39 is 118 Å². The predicted octanol–water partition coefficient (Wildman–Crippen LogP) is -3.47. The molecule has 0 spiro atoms. The number of carboxylic acid groups (broad SMARTS) is 2. The van der Waals surface area contributed by atoms with Gasteiger partial charge in [0.2, 0.25) is 29.5 Å². The first-order chi connectivity index (χ1) is 25.1. The van der Waals surface area contributed by atoms with Crippen LogP contribution in [0.15, 0.2) is 0 Å². The average molecular weight is 800 g/mol. The number of amides is 5. The zero-order valence-corrected chi connectivity index (χ0v) is 31.0. The molecule has 308 valence electrons. The molecule has 54 heavy (non-hydrogen) atoms. The van der Waals surface area contributed by atoms with E-state index in [0.717, 1.165) is 13.8 Å². The summed E-state index contributed by atoms with van der Waals surface area (Å²) >= 11 is 0. The van der Waals surface area contributed by atoms with Crippen LogP contribution in [0.25, 0.3) is 0 Å². The van der Waals surface area contributed by atoms with Crippen molar-refractivity contribution in [1.29, 1.82) is 0 Å². The minimum Gasteiger partial charge on any atom is -0.480 e. The molecule has 1 aliphatic rings. The Morgan fingerprint density at radius 1 is 0.815 bits per heavy atom. The SMILES string of the molecule is CC(=O)CCC(=O)NCCCC[C@H](NC(=O)CC[C@H](NC(=O)[C@H](C)NC(=O)C(C)O[C@H]1[C@H](O)[C@@H](CO)O[C@H](OP(=O)(O)O)[C@@H]1NC(C)=O)C(=O)O)C(=O)O. The second kappa shape index (κ2) is 23.0. The van der Waals surface area contributed by atoms with E-state index in [-0.39, 0.29) is 37.5 Å². The van der Waals surface area contributed by atoms with Crippen LogP contribution >= 0.6 is 7.82 Å². The molecule has 23 nitrogen and oxygen atoms in total. The quantitative estimate of drug-likeness (QED) is 0.0334. The number of ether oxygens (including phenoxy) is 2. The molecule has 0 bridgehead atoms. The number of aliphatic hydroxyl groups excluding tert-OH is 2. The Kier molecular flexibility index (Phi) is 20.4. The van der Waals surface area contributed by atoms with Crippen molar-refractivity contribution in [2.45, 2.75) is 128 Å². The van der Waals surface area contributed by atoms with E-state index in [9.17, 15) is 73.1 Å². The number of carboxylic acids is 2. The van der Waals surface area contributed by atoms with Crippen molar-refractivity contribution in [2.75, 3.05) is 13.2 Å². The lowest BCUT2D eigenvalue weighted by atomic mass is 9.96. The highest BCUT2D eigenvalue weighted by Crippen LogP contribution is 2.41. The summed E-state index contributed by atoms with van der Waals surface area (Å²) in [4.78, 5) is 115. The Morgan fingerprint density at radius 2 is 1.43 bits per heavy atom. The Labute approximate surface area is 309 Å². The van der Waals surface area contributed by atoms with Gasteiger partial charge in [-0.2, -0.15) is 0 Å². The Bertz CT molecular complexity index is 1390. The normalized spacial score (nSPS) is 22.0. The molecule has 11 N–H and O–H groups in total. The van der Waals surface area contributed by atoms with E-state index >= 15 is 0 Å². The molecule has 5 amide bonds. The summed E-state index contributed by atoms with van der Waals surface area (Å²) in [6, 6.07) is -6.01. The summed E-state index contributed by atoms with van der Waals surface area (Å²) in [5.74, 6) is -6.98. The van der Waals surface area contributed by atoms with Gasteiger partial charge in [-0.1, -0.05) is 0 Å². The van der Waals surface area contributed by atoms with E-state index in [1.807, 2.05) is 0 Å². The van der Waals surface area contributed by atoms with Crippen molar-refractivity contribution in [3.63, 3.8) is 0 Å². The van der Waals surface area contributed by atoms with Crippen molar-refractivity contribution >= 4 is 55.1 Å². The largest absolute Gasteiger partial charge is 0.480 e. The van der Waals surface area contributed by atoms with E-state index in [0.29, 0.717) is 12.8 Å². The highest BCUT2D eigenvalue weighted by Gasteiger charge is 2.50. The average Bonchev–Trinajstić information content (AvgIpc) is 3.06. The minimum absolute atomic E-state index is 0.00596. The monoisotopic (exact) mass is 799 g/mol. The number of carbonyl (C=O) groups is 8. The van der Waals surface area contributed by atoms with Crippen LogP contribution in [0.3, 0.4) is 0 Å². The van der Waals surface area contributed by atoms with Gasteiger partial charge in [-0.3, -0.25) is 28.5 Å². The molecule has 24 heteroatoms. The molecule has 0 saturated carbocycles. The second-order valence-corrected chi connectivity index (χ2v) is 13.6. The fourth-order valence-electron chi connectivity index (χ4n) is 4.97. The lowest BCUT2D eigenvalue weighted by molar-refractivity contribution is -0.261. The van der Waals surface area contributed by atoms with Gasteiger partial charge in [0.05, 0.1) is 6.61 Å². The van der Waals surface area contributed by atoms with Gasteiger partial charge in [0.15, 0.2) is 6.29 Å². The van der Waals surface area contributed by atoms with Gasteiger partial charge in [0.25, 0.3) is 0 Å². The molecule has 0 aromatic rings. The van der Waals surface area contributed by atoms with Gasteiger partial charge in [0, 0.05) is 32.7 Å². The molecule has 0 aliphatic carbocycles. The fourth-order valence-corrected chi connectivity index (χ4v) is 5.42. The van der Waals surface area contributed by atoms with Crippen molar-refractivity contribution in [3.05, 3.63) is 0 Å². The van der Waals surface area contributed by atoms with Crippen LogP contribution in [0, 0.1) is 0 Å². The molecular weight excluding hydrogens is 749 g/mol. The van der Waals surface area contributed by atoms with Crippen LogP contribution in [0.4, 0.5) is 0 Å². The summed E-state index contributed by atoms with van der Waals surface area (Å²) in [7, 11) is -5.26. The van der Waals surface area contributed by atoms with Gasteiger partial charge in [-0.15, -0.1) is 0 Å². The molecule has 1 aliphatic heterocycles. The number of unbranched alkanes of at least 4 members (excludes halogenated alkanes) is 1. The second-order valence-electron chi connectivity index (χ2n) is 12.5. The number of aliphatic carboxylic acids is 2. The smallest absolute Gasteiger partial charge is 0.472 e. The van der Waals surface area contributed by atoms with Crippen molar-refractivity contribution < 1.29 is 87.1 Å². The first kappa shape index (κ1) is 47.9. The first-order valence-corrected chi connectivity index (χ1v) is 18.3. The van der Waals surface area contributed by atoms with Crippen LogP contribution in [0.2, 0.25) is 0 Å². The topological polar surface area (TPSA) is 363 Å². The maximum absolute atomic E-state index is 12.9. The molecule has 1 rings (SSSR count). The Balaban J connectivity index is 2.76. The molecule has 0 aromatic heterocycles. The standard InChI is InChI=1S/C30H50N5O18P/c1-14(37)8-10-21(39)31-12-6-5-7-18(28(44)45)34-22(40)11-9-19(29(46)47)35-26(42)15(2)32-27(43)16(3)51-25-23(33-17(4)38)30(53-54(48,49)50)52-20(13-36)24(25)41/h15-16,18-20,23-25,30,36,41H,5-13H2,1-4H3,(H,31,39)(H,32,43)(H,33,38)(H,34,40)(H,35,42)(H,44,45)(H,46,47)(H2,48,49,50)/t15-,16?,18-,19-,20+,23+,24+,25+,30+/m0/s1. The van der Waals surface area contributed by atoms with Crippen LogP contribution in [0.5, 0.6) is 0 Å². The van der Waals surface area contributed by atoms with Crippen molar-refractivity contribution in [1.82, 2.24) is 26.6 Å². The Morgan fingerprint density at radius 3 is 1.96 bits per heavy atom. The maximum Gasteiger partial charge on any atom is 0.472 e. The van der Waals surface area contributed by atoms with Gasteiger partial charge in [0.1, 0.15) is 54.4 Å². The number of nitrogens with one attached hydrogen (secondary N) is 5. The maximum atomic E-state index is 12.9. The third-order valence-electron chi connectivity index (χ3n) is 7.80. The molecule has 1 unspecified atom stereocenters. The number of Topliss-reactive ketones (excluding diaryl/α,β-unsaturated/α-hetero) is 1. The number of aliphatic hydroxyl groups is 2. The van der Waals surface area contributed by atoms with E-state index in [1.165, 1.54) is 13.8 Å². The molecule has 1 saturated heterocycles. The fraction of sp³-hybridized carbons (Fsp3) is 0.733. The number of hydrogen-bond donors (Lipinski definition) is 11. The number of rotatable bonds is 24. The van der Waals surface area contributed by atoms with Gasteiger partial charge >= 0.3 is 19.8 Å². The molecular formula is C30H50N5O18P.